The van der Waals surface area contributed by atoms with E-state index in [4.69, 9.17) is 16.3 Å². The molecule has 1 amide bonds. The van der Waals surface area contributed by atoms with Crippen LogP contribution in [0.3, 0.4) is 0 Å². The van der Waals surface area contributed by atoms with Crippen LogP contribution >= 0.6 is 11.6 Å². The summed E-state index contributed by atoms with van der Waals surface area (Å²) in [5, 5.41) is 13.9. The van der Waals surface area contributed by atoms with Crippen LogP contribution in [0.2, 0.25) is 5.02 Å². The maximum absolute atomic E-state index is 12.8. The van der Waals surface area contributed by atoms with Crippen molar-refractivity contribution < 1.29 is 14.5 Å². The van der Waals surface area contributed by atoms with Crippen molar-refractivity contribution in [2.24, 2.45) is 0 Å². The van der Waals surface area contributed by atoms with E-state index >= 15 is 0 Å². The number of rotatable bonds is 6. The van der Waals surface area contributed by atoms with E-state index in [0.29, 0.717) is 5.75 Å². The van der Waals surface area contributed by atoms with Crippen molar-refractivity contribution >= 4 is 23.2 Å². The number of carbonyl (C=O) groups excluding carboxylic acids is 1. The first-order valence-corrected chi connectivity index (χ1v) is 8.81. The summed E-state index contributed by atoms with van der Waals surface area (Å²) in [5.74, 6) is 0.282. The van der Waals surface area contributed by atoms with Gasteiger partial charge in [0, 0.05) is 12.1 Å². The maximum atomic E-state index is 12.8. The van der Waals surface area contributed by atoms with Gasteiger partial charge in [-0.25, -0.2) is 0 Å². The molecule has 3 rings (SSSR count). The van der Waals surface area contributed by atoms with Gasteiger partial charge in [0.05, 0.1) is 28.7 Å². The number of non-ortho nitro benzene ring substituents is 1. The number of ether oxygens (including phenoxy) is 1. The second kappa shape index (κ2) is 8.54. The Kier molecular flexibility index (Phi) is 5.91. The third-order valence-corrected chi connectivity index (χ3v) is 4.58. The molecule has 0 unspecified atom stereocenters. The molecule has 3 aromatic rings. The van der Waals surface area contributed by atoms with E-state index in [1.165, 1.54) is 18.2 Å². The lowest BCUT2D eigenvalue weighted by atomic mass is 9.98. The summed E-state index contributed by atoms with van der Waals surface area (Å²) < 4.78 is 5.19. The number of halogens is 1. The molecular formula is C21H17ClN2O4. The Morgan fingerprint density at radius 3 is 2.25 bits per heavy atom. The molecule has 0 saturated heterocycles. The zero-order valence-corrected chi connectivity index (χ0v) is 15.7. The number of methoxy groups -OCH3 is 1. The summed E-state index contributed by atoms with van der Waals surface area (Å²) in [6.07, 6.45) is 0. The molecule has 142 valence electrons. The predicted molar refractivity (Wildman–Crippen MR) is 107 cm³/mol. The van der Waals surface area contributed by atoms with Gasteiger partial charge >= 0.3 is 0 Å². The molecule has 0 bridgehead atoms. The highest BCUT2D eigenvalue weighted by molar-refractivity contribution is 6.34. The highest BCUT2D eigenvalue weighted by Gasteiger charge is 2.21. The fraction of sp³-hybridized carbons (Fsp3) is 0.0952. The number of hydrogen-bond donors (Lipinski definition) is 1. The Labute approximate surface area is 166 Å². The summed E-state index contributed by atoms with van der Waals surface area (Å²) in [6, 6.07) is 20.2. The topological polar surface area (TPSA) is 81.5 Å². The largest absolute Gasteiger partial charge is 0.497 e. The molecule has 0 saturated carbocycles. The number of amides is 1. The molecule has 0 aliphatic heterocycles. The van der Waals surface area contributed by atoms with Crippen molar-refractivity contribution in [3.63, 3.8) is 0 Å². The highest BCUT2D eigenvalue weighted by atomic mass is 35.5. The molecule has 0 spiro atoms. The first-order valence-electron chi connectivity index (χ1n) is 8.43. The number of nitrogens with one attached hydrogen (secondary N) is 1. The molecule has 0 fully saturated rings. The molecular weight excluding hydrogens is 380 g/mol. The molecule has 28 heavy (non-hydrogen) atoms. The van der Waals surface area contributed by atoms with Gasteiger partial charge < -0.3 is 10.1 Å². The Morgan fingerprint density at radius 2 is 1.68 bits per heavy atom. The van der Waals surface area contributed by atoms with Crippen LogP contribution in [0.4, 0.5) is 5.69 Å². The lowest BCUT2D eigenvalue weighted by Gasteiger charge is -2.20. The van der Waals surface area contributed by atoms with E-state index in [9.17, 15) is 14.9 Å². The minimum Gasteiger partial charge on any atom is -0.497 e. The lowest BCUT2D eigenvalue weighted by Crippen LogP contribution is -2.29. The van der Waals surface area contributed by atoms with Crippen LogP contribution < -0.4 is 10.1 Å². The van der Waals surface area contributed by atoms with E-state index in [1.807, 2.05) is 54.6 Å². The Hall–Kier alpha value is -3.38. The van der Waals surface area contributed by atoms with Crippen LogP contribution in [0.1, 0.15) is 27.5 Å². The first-order chi connectivity index (χ1) is 13.5. The molecule has 0 aliphatic carbocycles. The van der Waals surface area contributed by atoms with Gasteiger partial charge in [0.2, 0.25) is 0 Å². The zero-order valence-electron chi connectivity index (χ0n) is 15.0. The summed E-state index contributed by atoms with van der Waals surface area (Å²) in [7, 11) is 1.59. The van der Waals surface area contributed by atoms with Crippen molar-refractivity contribution in [1.82, 2.24) is 5.32 Å². The Bertz CT molecular complexity index is 991. The van der Waals surface area contributed by atoms with Crippen molar-refractivity contribution in [3.05, 3.63) is 105 Å². The van der Waals surface area contributed by atoms with E-state index in [-0.39, 0.29) is 16.3 Å². The monoisotopic (exact) mass is 396 g/mol. The number of hydrogen-bond acceptors (Lipinski definition) is 4. The van der Waals surface area contributed by atoms with E-state index in [0.717, 1.165) is 11.1 Å². The molecule has 0 aromatic heterocycles. The zero-order chi connectivity index (χ0) is 20.1. The summed E-state index contributed by atoms with van der Waals surface area (Å²) in [4.78, 5) is 23.1. The third-order valence-electron chi connectivity index (χ3n) is 4.27. The number of nitro benzene ring substituents is 1. The molecule has 0 aliphatic rings. The standard InChI is InChI=1S/C21H17ClN2O4/c1-28-17-10-7-15(8-11-17)20(14-5-3-2-4-6-14)23-21(25)18-12-9-16(24(26)27)13-19(18)22/h2-13,20H,1H3,(H,23,25)/t20-/m0/s1. The minimum absolute atomic E-state index is 0.0215. The lowest BCUT2D eigenvalue weighted by molar-refractivity contribution is -0.384. The van der Waals surface area contributed by atoms with Gasteiger partial charge in [0.15, 0.2) is 0 Å². The van der Waals surface area contributed by atoms with Gasteiger partial charge in [-0.05, 0) is 29.3 Å². The Morgan fingerprint density at radius 1 is 1.04 bits per heavy atom. The summed E-state index contributed by atoms with van der Waals surface area (Å²) >= 11 is 6.10. The molecule has 3 aromatic carbocycles. The minimum atomic E-state index is -0.558. The van der Waals surface area contributed by atoms with E-state index in [1.54, 1.807) is 7.11 Å². The van der Waals surface area contributed by atoms with Gasteiger partial charge in [-0.3, -0.25) is 14.9 Å². The fourth-order valence-corrected chi connectivity index (χ4v) is 3.07. The number of nitro groups is 1. The molecule has 7 heteroatoms. The van der Waals surface area contributed by atoms with Gasteiger partial charge in [-0.2, -0.15) is 0 Å². The van der Waals surface area contributed by atoms with Crippen molar-refractivity contribution in [3.8, 4) is 5.75 Å². The number of benzene rings is 3. The summed E-state index contributed by atoms with van der Waals surface area (Å²) in [5.41, 5.74) is 1.75. The Balaban J connectivity index is 1.93. The molecule has 0 heterocycles. The average molecular weight is 397 g/mol. The first kappa shape index (κ1) is 19.4. The molecule has 6 nitrogen and oxygen atoms in total. The number of carbonyl (C=O) groups is 1. The normalized spacial score (nSPS) is 11.5. The van der Waals surface area contributed by atoms with Crippen LogP contribution in [0, 0.1) is 10.1 Å². The van der Waals surface area contributed by atoms with Crippen LogP contribution in [-0.2, 0) is 0 Å². The predicted octanol–water partition coefficient (Wildman–Crippen LogP) is 4.78. The highest BCUT2D eigenvalue weighted by Crippen LogP contribution is 2.27. The molecule has 1 N–H and O–H groups in total. The quantitative estimate of drug-likeness (QED) is 0.480. The van der Waals surface area contributed by atoms with Crippen LogP contribution in [0.15, 0.2) is 72.8 Å². The SMILES string of the molecule is COc1ccc([C@@H](NC(=O)c2ccc([N+](=O)[O-])cc2Cl)c2ccccc2)cc1. The smallest absolute Gasteiger partial charge is 0.270 e. The number of nitrogens with zero attached hydrogens (tertiary/aromatic N) is 1. The second-order valence-corrected chi connectivity index (χ2v) is 6.42. The average Bonchev–Trinajstić information content (AvgIpc) is 2.72. The van der Waals surface area contributed by atoms with Crippen LogP contribution in [0.25, 0.3) is 0 Å². The molecule has 0 radical (unpaired) electrons. The fourth-order valence-electron chi connectivity index (χ4n) is 2.81. The van der Waals surface area contributed by atoms with Crippen molar-refractivity contribution in [1.29, 1.82) is 0 Å². The van der Waals surface area contributed by atoms with Crippen LogP contribution in [-0.4, -0.2) is 17.9 Å². The third kappa shape index (κ3) is 4.29. The molecule has 1 atom stereocenters. The van der Waals surface area contributed by atoms with Gasteiger partial charge in [0.25, 0.3) is 11.6 Å². The van der Waals surface area contributed by atoms with Crippen molar-refractivity contribution in [2.75, 3.05) is 7.11 Å². The maximum Gasteiger partial charge on any atom is 0.270 e. The van der Waals surface area contributed by atoms with Gasteiger partial charge in [0.1, 0.15) is 5.75 Å². The van der Waals surface area contributed by atoms with Gasteiger partial charge in [-0.1, -0.05) is 54.1 Å². The second-order valence-electron chi connectivity index (χ2n) is 6.01. The van der Waals surface area contributed by atoms with E-state index < -0.39 is 16.9 Å². The van der Waals surface area contributed by atoms with Crippen molar-refractivity contribution in [2.45, 2.75) is 6.04 Å². The summed E-state index contributed by atoms with van der Waals surface area (Å²) in [6.45, 7) is 0. The van der Waals surface area contributed by atoms with E-state index in [2.05, 4.69) is 5.32 Å². The van der Waals surface area contributed by atoms with Gasteiger partial charge in [-0.15, -0.1) is 0 Å². The van der Waals surface area contributed by atoms with Crippen LogP contribution in [0.5, 0.6) is 5.75 Å².